The molecule has 14 atom stereocenters. The molecule has 0 aromatic carbocycles. The van der Waals surface area contributed by atoms with Crippen LogP contribution in [0.1, 0.15) is 88.8 Å². The van der Waals surface area contributed by atoms with E-state index in [0.717, 1.165) is 24.7 Å². The van der Waals surface area contributed by atoms with Crippen molar-refractivity contribution in [3.8, 4) is 10.7 Å². The third kappa shape index (κ3) is 18.0. The van der Waals surface area contributed by atoms with Gasteiger partial charge >= 0.3 is 0 Å². The minimum absolute atomic E-state index is 0.0373. The Morgan fingerprint density at radius 2 is 1.59 bits per heavy atom. The lowest BCUT2D eigenvalue weighted by Crippen LogP contribution is -2.61. The summed E-state index contributed by atoms with van der Waals surface area (Å²) in [5.41, 5.74) is 22.9. The highest BCUT2D eigenvalue weighted by molar-refractivity contribution is 7.95. The number of hydrogen-bond acceptors (Lipinski definition) is 25. The first kappa shape index (κ1) is 66.4. The molecule has 0 saturated carbocycles. The molecule has 1 fully saturated rings. The first-order valence-electron chi connectivity index (χ1n) is 25.6. The molecule has 34 heteroatoms. The molecule has 1 aliphatic heterocycles. The van der Waals surface area contributed by atoms with E-state index in [0.29, 0.717) is 22.3 Å². The van der Waals surface area contributed by atoms with Crippen LogP contribution in [0, 0.1) is 12.8 Å². The zero-order valence-corrected chi connectivity index (χ0v) is 48.1. The number of anilines is 1. The standard InChI is InChI=1S/C48H72N16O15S3/c1-19-31(61-41(64-39(19)51)24(12-29(50)67)56-13-23(49)40(52)72)45(76)63-33(38(25-14-53-18-57-25)79-48-37(71)36(70)35(69)28(15-65)78-48)46(77)58-21(3)34(68)20(2)42(73)62-32(22(4)66)44(75)55-10-8-30-59-27(17-80-30)47-60-26(16-81-47)43(74)54-9-7-11-82(5)6/h14,16-18,20-24,28,32-38,48,56,65-66,68-71H,7-13,15,49H2,1-6H3,(H11-,50,51,52,53,54,55,57,58,61,62,63,64,67,72,73,74,75,76,77)/t20-,21?,22+,23-,24?,28+,32?,33?,34?,35+,36-,37-,38?,48+/m0/s1. The van der Waals surface area contributed by atoms with Crippen molar-refractivity contribution in [2.45, 2.75) is 126 Å². The van der Waals surface area contributed by atoms with Crippen LogP contribution in [0.3, 0.4) is 0 Å². The zero-order chi connectivity index (χ0) is 60.7. The van der Waals surface area contributed by atoms with Gasteiger partial charge in [0.1, 0.15) is 82.1 Å². The molecule has 0 aliphatic carbocycles. The number of nitrogens with zero attached hydrogens (tertiary/aromatic N) is 6. The maximum Gasteiger partial charge on any atom is 0.271 e. The summed E-state index contributed by atoms with van der Waals surface area (Å²) in [6.45, 7) is 4.58. The van der Waals surface area contributed by atoms with Crippen LogP contribution in [0.2, 0.25) is 0 Å². The number of thiazole rings is 2. The number of nitrogens with one attached hydrogen (secondary N) is 6. The minimum atomic E-state index is -2.04. The summed E-state index contributed by atoms with van der Waals surface area (Å²) < 4.78 is 11.6. The molecule has 31 nitrogen and oxygen atoms in total. The van der Waals surface area contributed by atoms with Crippen molar-refractivity contribution in [1.29, 1.82) is 0 Å². The van der Waals surface area contributed by atoms with Crippen LogP contribution in [0.25, 0.3) is 10.7 Å². The van der Waals surface area contributed by atoms with Gasteiger partial charge in [-0.15, -0.1) is 22.7 Å². The number of ether oxygens (including phenoxy) is 2. The highest BCUT2D eigenvalue weighted by Gasteiger charge is 2.47. The molecule has 82 heavy (non-hydrogen) atoms. The molecule has 6 unspecified atom stereocenters. The molecular weight excluding hydrogens is 1140 g/mol. The maximum atomic E-state index is 14.7. The van der Waals surface area contributed by atoms with Gasteiger partial charge in [0.25, 0.3) is 11.8 Å². The molecular formula is C48H72N16O15S3. The van der Waals surface area contributed by atoms with Crippen LogP contribution in [0.5, 0.6) is 0 Å². The predicted octanol–water partition coefficient (Wildman–Crippen LogP) is -6.00. The summed E-state index contributed by atoms with van der Waals surface area (Å²) in [4.78, 5) is 118. The quantitative estimate of drug-likeness (QED) is 0.0165. The average molecular weight is 1210 g/mol. The Bertz CT molecular complexity index is 2810. The van der Waals surface area contributed by atoms with Crippen LogP contribution in [0.4, 0.5) is 5.82 Å². The van der Waals surface area contributed by atoms with Gasteiger partial charge in [0.05, 0.1) is 60.4 Å². The number of aliphatic hydroxyl groups is 6. The van der Waals surface area contributed by atoms with Crippen molar-refractivity contribution in [3.05, 3.63) is 56.8 Å². The second kappa shape index (κ2) is 30.8. The Hall–Kier alpha value is -6.41. The summed E-state index contributed by atoms with van der Waals surface area (Å²) in [6.07, 6.45) is -7.30. The van der Waals surface area contributed by atoms with Gasteiger partial charge in [0.15, 0.2) is 6.29 Å². The first-order chi connectivity index (χ1) is 38.7. The van der Waals surface area contributed by atoms with Crippen LogP contribution < -0.4 is 59.8 Å². The Morgan fingerprint density at radius 3 is 2.22 bits per heavy atom. The highest BCUT2D eigenvalue weighted by Crippen LogP contribution is 2.30. The summed E-state index contributed by atoms with van der Waals surface area (Å²) in [7, 11) is 0.275. The van der Waals surface area contributed by atoms with E-state index in [-0.39, 0.29) is 64.9 Å². The average Bonchev–Trinajstić information content (AvgIpc) is 4.32. The van der Waals surface area contributed by atoms with Crippen LogP contribution in [-0.4, -0.2) is 208 Å². The van der Waals surface area contributed by atoms with Gasteiger partial charge in [0, 0.05) is 55.2 Å². The monoisotopic (exact) mass is 1210 g/mol. The Morgan fingerprint density at radius 1 is 0.866 bits per heavy atom. The third-order valence-corrected chi connectivity index (χ3v) is 15.8. The predicted molar refractivity (Wildman–Crippen MR) is 297 cm³/mol. The van der Waals surface area contributed by atoms with E-state index in [1.54, 1.807) is 10.8 Å². The lowest BCUT2D eigenvalue weighted by Gasteiger charge is -2.42. The van der Waals surface area contributed by atoms with Crippen molar-refractivity contribution < 1.29 is 73.7 Å². The number of nitrogens with two attached hydrogens (primary N) is 4. The number of hydrogen-bond donors (Lipinski definition) is 16. The van der Waals surface area contributed by atoms with Crippen molar-refractivity contribution >= 4 is 80.7 Å². The molecule has 0 spiro atoms. The summed E-state index contributed by atoms with van der Waals surface area (Å²) >= 11 is 2.57. The largest absolute Gasteiger partial charge is 0.449 e. The molecule has 0 radical (unpaired) electrons. The lowest BCUT2D eigenvalue weighted by molar-refractivity contribution is -0.313. The Kier molecular flexibility index (Phi) is 24.9. The van der Waals surface area contributed by atoms with E-state index in [1.165, 1.54) is 50.4 Å². The third-order valence-electron chi connectivity index (χ3n) is 12.9. The second-order valence-corrected chi connectivity index (χ2v) is 23.7. The number of amides is 7. The van der Waals surface area contributed by atoms with Gasteiger partial charge < -0.3 is 105 Å². The molecule has 5 heterocycles. The Balaban J connectivity index is 1.32. The fourth-order valence-electron chi connectivity index (χ4n) is 8.03. The van der Waals surface area contributed by atoms with Gasteiger partial charge in [-0.05, 0) is 37.4 Å². The smallest absolute Gasteiger partial charge is 0.271 e. The lowest BCUT2D eigenvalue weighted by atomic mass is 9.96. The molecule has 4 aromatic rings. The second-order valence-electron chi connectivity index (χ2n) is 19.5. The van der Waals surface area contributed by atoms with E-state index >= 15 is 0 Å². The van der Waals surface area contributed by atoms with Crippen LogP contribution in [0.15, 0.2) is 23.3 Å². The summed E-state index contributed by atoms with van der Waals surface area (Å²) in [6, 6.07) is -7.39. The van der Waals surface area contributed by atoms with Crippen LogP contribution in [-0.2, 0) is 50.8 Å². The summed E-state index contributed by atoms with van der Waals surface area (Å²) in [5, 5.41) is 84.6. The summed E-state index contributed by atoms with van der Waals surface area (Å²) in [5.74, 6) is -7.06. The van der Waals surface area contributed by atoms with E-state index in [1.807, 2.05) is 0 Å². The number of rotatable bonds is 31. The molecule has 1 saturated heterocycles. The van der Waals surface area contributed by atoms with Crippen molar-refractivity contribution in [2.24, 2.45) is 23.1 Å². The first-order valence-corrected chi connectivity index (χ1v) is 29.6. The number of carbonyl (C=O) groups excluding carboxylic acids is 7. The molecule has 452 valence electrons. The maximum absolute atomic E-state index is 14.7. The van der Waals surface area contributed by atoms with Crippen LogP contribution >= 0.6 is 22.7 Å². The van der Waals surface area contributed by atoms with Gasteiger partial charge in [-0.3, -0.25) is 33.6 Å². The van der Waals surface area contributed by atoms with E-state index in [4.69, 9.17) is 32.4 Å². The Labute approximate surface area is 481 Å². The topological polar surface area (TPSA) is 514 Å². The molecule has 7 amide bonds. The number of aliphatic hydroxyl groups excluding tert-OH is 6. The van der Waals surface area contributed by atoms with Gasteiger partial charge in [-0.25, -0.2) is 19.9 Å². The van der Waals surface area contributed by atoms with Gasteiger partial charge in [-0.1, -0.05) is 19.4 Å². The van der Waals surface area contributed by atoms with Crippen molar-refractivity contribution in [2.75, 3.05) is 50.2 Å². The number of aromatic nitrogens is 6. The van der Waals surface area contributed by atoms with Crippen molar-refractivity contribution in [1.82, 2.24) is 61.8 Å². The molecule has 20 N–H and O–H groups in total. The van der Waals surface area contributed by atoms with E-state index in [2.05, 4.69) is 74.3 Å². The fraction of sp³-hybridized carbons (Fsp3) is 0.583. The number of imidazole rings is 1. The number of primary amides is 2. The molecule has 1 aliphatic rings. The molecule has 0 bridgehead atoms. The SMILES string of the molecule is Cc1c(N)nc(C(CC(N)=O)NC[C@H](N)C(N)=O)nc1C(=O)NC(C(=O)NC(C)C(O)[C@H](C)C(=O)NC(C(=O)NCCc1nc(-c2nc(C(=O)NCCC[S+](C)C)cs2)cs1)[C@@H](C)O)C(O[C@H]1O[C@H](CO)[C@@H](O)[C@H](O)[C@@H]1O)c1c[n-]cn1. The number of carbonyl (C=O) groups is 7. The fourth-order valence-corrected chi connectivity index (χ4v) is 10.4. The number of nitrogen functional groups attached to an aromatic ring is 1. The van der Waals surface area contributed by atoms with E-state index < -0.39 is 139 Å². The zero-order valence-electron chi connectivity index (χ0n) is 45.6. The molecule has 4 aromatic heterocycles. The van der Waals surface area contributed by atoms with E-state index in [9.17, 15) is 64.2 Å². The highest BCUT2D eigenvalue weighted by atomic mass is 32.2. The van der Waals surface area contributed by atoms with Gasteiger partial charge in [-0.2, -0.15) is 0 Å². The normalized spacial score (nSPS) is 20.5. The van der Waals surface area contributed by atoms with Crippen molar-refractivity contribution in [3.63, 3.8) is 0 Å². The van der Waals surface area contributed by atoms with Gasteiger partial charge in [0.2, 0.25) is 29.5 Å². The molecule has 5 rings (SSSR count). The minimum Gasteiger partial charge on any atom is -0.449 e.